The SMILES string of the molecule is CC(C)(CO)NCc1csc(-c2ccccn2)n1. The van der Waals surface area contributed by atoms with E-state index in [2.05, 4.69) is 15.3 Å². The van der Waals surface area contributed by atoms with E-state index in [1.165, 1.54) is 0 Å². The zero-order chi connectivity index (χ0) is 13.0. The fraction of sp³-hybridized carbons (Fsp3) is 0.385. The fourth-order valence-electron chi connectivity index (χ4n) is 1.38. The molecule has 5 heteroatoms. The maximum atomic E-state index is 9.16. The minimum absolute atomic E-state index is 0.101. The summed E-state index contributed by atoms with van der Waals surface area (Å²) in [5.41, 5.74) is 1.59. The maximum absolute atomic E-state index is 9.16. The number of rotatable bonds is 5. The van der Waals surface area contributed by atoms with Gasteiger partial charge in [-0.3, -0.25) is 4.98 Å². The van der Waals surface area contributed by atoms with E-state index in [0.29, 0.717) is 6.54 Å². The number of hydrogen-bond donors (Lipinski definition) is 2. The van der Waals surface area contributed by atoms with Gasteiger partial charge in [0.25, 0.3) is 0 Å². The highest BCUT2D eigenvalue weighted by Gasteiger charge is 2.15. The minimum Gasteiger partial charge on any atom is -0.394 e. The Balaban J connectivity index is 2.03. The topological polar surface area (TPSA) is 58.0 Å². The number of aliphatic hydroxyl groups excluding tert-OH is 1. The number of aliphatic hydroxyl groups is 1. The second-order valence-corrected chi connectivity index (χ2v) is 5.61. The molecule has 0 amide bonds. The predicted octanol–water partition coefficient (Wildman–Crippen LogP) is 2.07. The monoisotopic (exact) mass is 263 g/mol. The second-order valence-electron chi connectivity index (χ2n) is 4.75. The van der Waals surface area contributed by atoms with Crippen LogP contribution >= 0.6 is 11.3 Å². The van der Waals surface area contributed by atoms with Gasteiger partial charge in [0.15, 0.2) is 0 Å². The van der Waals surface area contributed by atoms with Gasteiger partial charge in [0, 0.05) is 23.7 Å². The van der Waals surface area contributed by atoms with E-state index < -0.39 is 0 Å². The van der Waals surface area contributed by atoms with E-state index in [4.69, 9.17) is 5.11 Å². The van der Waals surface area contributed by atoms with E-state index in [1.54, 1.807) is 17.5 Å². The molecule has 0 aliphatic carbocycles. The summed E-state index contributed by atoms with van der Waals surface area (Å²) in [6, 6.07) is 5.80. The lowest BCUT2D eigenvalue weighted by Gasteiger charge is -2.22. The number of hydrogen-bond acceptors (Lipinski definition) is 5. The molecule has 18 heavy (non-hydrogen) atoms. The molecule has 0 saturated carbocycles. The number of pyridine rings is 1. The Labute approximate surface area is 111 Å². The van der Waals surface area contributed by atoms with Gasteiger partial charge >= 0.3 is 0 Å². The molecule has 0 fully saturated rings. The molecule has 0 aliphatic heterocycles. The summed E-state index contributed by atoms with van der Waals surface area (Å²) in [7, 11) is 0. The molecule has 2 aromatic heterocycles. The van der Waals surface area contributed by atoms with Crippen LogP contribution in [0.4, 0.5) is 0 Å². The Morgan fingerprint density at radius 1 is 1.39 bits per heavy atom. The summed E-state index contributed by atoms with van der Waals surface area (Å²) in [5, 5.41) is 15.4. The highest BCUT2D eigenvalue weighted by Crippen LogP contribution is 2.21. The minimum atomic E-state index is -0.283. The molecule has 0 saturated heterocycles. The molecule has 4 nitrogen and oxygen atoms in total. The largest absolute Gasteiger partial charge is 0.394 e. The number of nitrogens with zero attached hydrogens (tertiary/aromatic N) is 2. The Hall–Kier alpha value is -1.30. The van der Waals surface area contributed by atoms with Crippen molar-refractivity contribution in [1.82, 2.24) is 15.3 Å². The average Bonchev–Trinajstić information content (AvgIpc) is 2.86. The lowest BCUT2D eigenvalue weighted by Crippen LogP contribution is -2.42. The molecule has 2 rings (SSSR count). The summed E-state index contributed by atoms with van der Waals surface area (Å²) >= 11 is 1.58. The van der Waals surface area contributed by atoms with Crippen molar-refractivity contribution in [2.75, 3.05) is 6.61 Å². The van der Waals surface area contributed by atoms with Crippen LogP contribution in [0.25, 0.3) is 10.7 Å². The van der Waals surface area contributed by atoms with Crippen molar-refractivity contribution in [2.45, 2.75) is 25.9 Å². The normalized spacial score (nSPS) is 11.7. The first-order chi connectivity index (χ1) is 8.61. The van der Waals surface area contributed by atoms with Crippen LogP contribution < -0.4 is 5.32 Å². The zero-order valence-electron chi connectivity index (χ0n) is 10.6. The third kappa shape index (κ3) is 3.35. The summed E-state index contributed by atoms with van der Waals surface area (Å²) in [5.74, 6) is 0. The third-order valence-electron chi connectivity index (χ3n) is 2.58. The molecular weight excluding hydrogens is 246 g/mol. The van der Waals surface area contributed by atoms with Gasteiger partial charge in [-0.15, -0.1) is 11.3 Å². The van der Waals surface area contributed by atoms with Gasteiger partial charge in [-0.1, -0.05) is 6.07 Å². The molecule has 0 aromatic carbocycles. The Morgan fingerprint density at radius 3 is 2.89 bits per heavy atom. The number of thiazole rings is 1. The summed E-state index contributed by atoms with van der Waals surface area (Å²) in [4.78, 5) is 8.80. The van der Waals surface area contributed by atoms with Crippen molar-refractivity contribution in [3.63, 3.8) is 0 Å². The standard InChI is InChI=1S/C13H17N3OS/c1-13(2,9-17)15-7-10-8-18-12(16-10)11-5-3-4-6-14-11/h3-6,8,15,17H,7,9H2,1-2H3. The molecule has 2 aromatic rings. The van der Waals surface area contributed by atoms with Crippen molar-refractivity contribution in [3.05, 3.63) is 35.5 Å². The highest BCUT2D eigenvalue weighted by molar-refractivity contribution is 7.13. The molecule has 0 unspecified atom stereocenters. The quantitative estimate of drug-likeness (QED) is 0.867. The fourth-order valence-corrected chi connectivity index (χ4v) is 2.18. The van der Waals surface area contributed by atoms with Gasteiger partial charge in [0.2, 0.25) is 0 Å². The highest BCUT2D eigenvalue weighted by atomic mass is 32.1. The first kappa shape index (κ1) is 13.1. The summed E-state index contributed by atoms with van der Waals surface area (Å²) in [6.07, 6.45) is 1.77. The van der Waals surface area contributed by atoms with E-state index in [0.717, 1.165) is 16.4 Å². The van der Waals surface area contributed by atoms with Gasteiger partial charge in [0.1, 0.15) is 5.01 Å². The first-order valence-corrected chi connectivity index (χ1v) is 6.70. The Morgan fingerprint density at radius 2 is 2.22 bits per heavy atom. The average molecular weight is 263 g/mol. The molecule has 96 valence electrons. The van der Waals surface area contributed by atoms with Crippen LogP contribution in [0.15, 0.2) is 29.8 Å². The van der Waals surface area contributed by atoms with Crippen LogP contribution in [0.3, 0.4) is 0 Å². The van der Waals surface area contributed by atoms with Crippen LogP contribution in [0.5, 0.6) is 0 Å². The van der Waals surface area contributed by atoms with Gasteiger partial charge in [-0.05, 0) is 26.0 Å². The van der Waals surface area contributed by atoms with Crippen LogP contribution in [0.1, 0.15) is 19.5 Å². The van der Waals surface area contributed by atoms with Crippen molar-refractivity contribution >= 4 is 11.3 Å². The van der Waals surface area contributed by atoms with Crippen molar-refractivity contribution in [2.24, 2.45) is 0 Å². The molecular formula is C13H17N3OS. The van der Waals surface area contributed by atoms with Crippen molar-refractivity contribution < 1.29 is 5.11 Å². The van der Waals surface area contributed by atoms with Gasteiger partial charge < -0.3 is 10.4 Å². The smallest absolute Gasteiger partial charge is 0.142 e. The first-order valence-electron chi connectivity index (χ1n) is 5.82. The van der Waals surface area contributed by atoms with Crippen LogP contribution in [0.2, 0.25) is 0 Å². The molecule has 0 radical (unpaired) electrons. The lowest BCUT2D eigenvalue weighted by molar-refractivity contribution is 0.187. The third-order valence-corrected chi connectivity index (χ3v) is 3.49. The van der Waals surface area contributed by atoms with Gasteiger partial charge in [0.05, 0.1) is 18.0 Å². The molecule has 2 heterocycles. The van der Waals surface area contributed by atoms with Crippen LogP contribution in [0, 0.1) is 0 Å². The summed E-state index contributed by atoms with van der Waals surface area (Å²) < 4.78 is 0. The van der Waals surface area contributed by atoms with E-state index in [1.807, 2.05) is 37.4 Å². The molecule has 0 atom stereocenters. The van der Waals surface area contributed by atoms with Crippen molar-refractivity contribution in [1.29, 1.82) is 0 Å². The number of nitrogens with one attached hydrogen (secondary N) is 1. The molecule has 0 aliphatic rings. The number of aromatic nitrogens is 2. The van der Waals surface area contributed by atoms with Gasteiger partial charge in [-0.2, -0.15) is 0 Å². The maximum Gasteiger partial charge on any atom is 0.142 e. The lowest BCUT2D eigenvalue weighted by atomic mass is 10.1. The predicted molar refractivity (Wildman–Crippen MR) is 73.3 cm³/mol. The second kappa shape index (κ2) is 5.56. The Kier molecular flexibility index (Phi) is 4.06. The van der Waals surface area contributed by atoms with E-state index in [-0.39, 0.29) is 12.1 Å². The van der Waals surface area contributed by atoms with Crippen LogP contribution in [-0.4, -0.2) is 27.2 Å². The van der Waals surface area contributed by atoms with E-state index in [9.17, 15) is 0 Å². The summed E-state index contributed by atoms with van der Waals surface area (Å²) in [6.45, 7) is 4.67. The van der Waals surface area contributed by atoms with Crippen LogP contribution in [-0.2, 0) is 6.54 Å². The Bertz CT molecular complexity index is 496. The van der Waals surface area contributed by atoms with Crippen molar-refractivity contribution in [3.8, 4) is 10.7 Å². The van der Waals surface area contributed by atoms with E-state index >= 15 is 0 Å². The molecule has 0 bridgehead atoms. The molecule has 2 N–H and O–H groups in total. The molecule has 0 spiro atoms. The zero-order valence-corrected chi connectivity index (χ0v) is 11.4. The van der Waals surface area contributed by atoms with Gasteiger partial charge in [-0.25, -0.2) is 4.98 Å².